The molecule has 0 saturated carbocycles. The van der Waals surface area contributed by atoms with Crippen molar-refractivity contribution in [2.75, 3.05) is 30.9 Å². The second-order valence-corrected chi connectivity index (χ2v) is 5.55. The highest BCUT2D eigenvalue weighted by atomic mass is 16.5. The SMILES string of the molecule is COCC(=O)Nc1cccc(NC(=O)NC[C@@H]2CC=CCC2)c1. The van der Waals surface area contributed by atoms with E-state index in [0.29, 0.717) is 23.8 Å². The quantitative estimate of drug-likeness (QED) is 0.706. The number of amides is 3. The molecule has 0 aromatic heterocycles. The van der Waals surface area contributed by atoms with E-state index in [9.17, 15) is 9.59 Å². The summed E-state index contributed by atoms with van der Waals surface area (Å²) >= 11 is 0. The zero-order valence-electron chi connectivity index (χ0n) is 13.3. The molecule has 0 radical (unpaired) electrons. The van der Waals surface area contributed by atoms with Gasteiger partial charge in [0, 0.05) is 25.0 Å². The standard InChI is InChI=1S/C17H23N3O3/c1-23-12-16(21)19-14-8-5-9-15(10-14)20-17(22)18-11-13-6-3-2-4-7-13/h2-3,5,8-10,13H,4,6-7,11-12H2,1H3,(H,19,21)(H2,18,20,22)/t13-/m1/s1. The van der Waals surface area contributed by atoms with Crippen molar-refractivity contribution < 1.29 is 14.3 Å². The Morgan fingerprint density at radius 2 is 2.00 bits per heavy atom. The van der Waals surface area contributed by atoms with Gasteiger partial charge in [0.2, 0.25) is 5.91 Å². The van der Waals surface area contributed by atoms with Crippen LogP contribution in [0.15, 0.2) is 36.4 Å². The number of allylic oxidation sites excluding steroid dienone is 2. The number of rotatable bonds is 6. The molecule has 1 aromatic carbocycles. The maximum Gasteiger partial charge on any atom is 0.319 e. The maximum absolute atomic E-state index is 11.9. The van der Waals surface area contributed by atoms with Crippen LogP contribution in [-0.2, 0) is 9.53 Å². The molecule has 1 aliphatic carbocycles. The van der Waals surface area contributed by atoms with Crippen LogP contribution in [0.1, 0.15) is 19.3 Å². The first-order valence-electron chi connectivity index (χ1n) is 7.76. The van der Waals surface area contributed by atoms with Gasteiger partial charge in [-0.2, -0.15) is 0 Å². The van der Waals surface area contributed by atoms with Gasteiger partial charge < -0.3 is 20.7 Å². The Hall–Kier alpha value is -2.34. The number of hydrogen-bond donors (Lipinski definition) is 3. The molecule has 1 aromatic rings. The third kappa shape index (κ3) is 6.12. The monoisotopic (exact) mass is 317 g/mol. The summed E-state index contributed by atoms with van der Waals surface area (Å²) in [4.78, 5) is 23.4. The summed E-state index contributed by atoms with van der Waals surface area (Å²) in [5.41, 5.74) is 1.24. The highest BCUT2D eigenvalue weighted by Gasteiger charge is 2.11. The van der Waals surface area contributed by atoms with Crippen LogP contribution in [-0.4, -0.2) is 32.2 Å². The van der Waals surface area contributed by atoms with Crippen molar-refractivity contribution in [3.63, 3.8) is 0 Å². The summed E-state index contributed by atoms with van der Waals surface area (Å²) in [5, 5.41) is 8.36. The van der Waals surface area contributed by atoms with Gasteiger partial charge >= 0.3 is 6.03 Å². The van der Waals surface area contributed by atoms with E-state index in [1.54, 1.807) is 24.3 Å². The van der Waals surface area contributed by atoms with Gasteiger partial charge in [-0.25, -0.2) is 4.79 Å². The first-order valence-corrected chi connectivity index (χ1v) is 7.76. The first kappa shape index (κ1) is 17.0. The molecule has 0 bridgehead atoms. The van der Waals surface area contributed by atoms with Crippen LogP contribution in [0.5, 0.6) is 0 Å². The number of hydrogen-bond acceptors (Lipinski definition) is 3. The molecule has 6 nitrogen and oxygen atoms in total. The third-order valence-electron chi connectivity index (χ3n) is 3.61. The Bertz CT molecular complexity index is 572. The summed E-state index contributed by atoms with van der Waals surface area (Å²) in [6.45, 7) is 0.661. The fraction of sp³-hybridized carbons (Fsp3) is 0.412. The van der Waals surface area contributed by atoms with Crippen molar-refractivity contribution in [2.24, 2.45) is 5.92 Å². The minimum Gasteiger partial charge on any atom is -0.375 e. The maximum atomic E-state index is 11.9. The summed E-state index contributed by atoms with van der Waals surface area (Å²) in [5.74, 6) is 0.268. The second-order valence-electron chi connectivity index (χ2n) is 5.55. The van der Waals surface area contributed by atoms with E-state index in [-0.39, 0.29) is 18.5 Å². The molecular formula is C17H23N3O3. The van der Waals surface area contributed by atoms with Crippen LogP contribution in [0.3, 0.4) is 0 Å². The van der Waals surface area contributed by atoms with Gasteiger partial charge in [0.1, 0.15) is 6.61 Å². The van der Waals surface area contributed by atoms with Crippen molar-refractivity contribution in [3.05, 3.63) is 36.4 Å². The van der Waals surface area contributed by atoms with Crippen molar-refractivity contribution in [1.29, 1.82) is 0 Å². The van der Waals surface area contributed by atoms with E-state index in [1.807, 2.05) is 0 Å². The minimum absolute atomic E-state index is 0.00598. The number of carbonyl (C=O) groups excluding carboxylic acids is 2. The number of ether oxygens (including phenoxy) is 1. The normalized spacial score (nSPS) is 16.7. The summed E-state index contributed by atoms with van der Waals surface area (Å²) < 4.78 is 4.76. The number of anilines is 2. The molecule has 0 fully saturated rings. The lowest BCUT2D eigenvalue weighted by molar-refractivity contribution is -0.119. The predicted octanol–water partition coefficient (Wildman–Crippen LogP) is 2.75. The summed E-state index contributed by atoms with van der Waals surface area (Å²) in [7, 11) is 1.46. The van der Waals surface area contributed by atoms with E-state index in [2.05, 4.69) is 28.1 Å². The van der Waals surface area contributed by atoms with Gasteiger partial charge in [-0.1, -0.05) is 18.2 Å². The Balaban J connectivity index is 1.80. The van der Waals surface area contributed by atoms with Crippen LogP contribution in [0.2, 0.25) is 0 Å². The molecule has 124 valence electrons. The molecule has 0 spiro atoms. The van der Waals surface area contributed by atoms with E-state index in [1.165, 1.54) is 7.11 Å². The highest BCUT2D eigenvalue weighted by Crippen LogP contribution is 2.17. The van der Waals surface area contributed by atoms with Crippen LogP contribution in [0, 0.1) is 5.92 Å². The van der Waals surface area contributed by atoms with Crippen LogP contribution >= 0.6 is 0 Å². The lowest BCUT2D eigenvalue weighted by Crippen LogP contribution is -2.33. The number of urea groups is 1. The Kier molecular flexibility index (Phi) is 6.62. The van der Waals surface area contributed by atoms with Gasteiger partial charge in [-0.15, -0.1) is 0 Å². The molecule has 0 aliphatic heterocycles. The largest absolute Gasteiger partial charge is 0.375 e. The number of benzene rings is 1. The van der Waals surface area contributed by atoms with Gasteiger partial charge in [0.25, 0.3) is 0 Å². The van der Waals surface area contributed by atoms with Crippen molar-refractivity contribution in [2.45, 2.75) is 19.3 Å². The van der Waals surface area contributed by atoms with Gasteiger partial charge in [-0.3, -0.25) is 4.79 Å². The molecule has 3 N–H and O–H groups in total. The zero-order chi connectivity index (χ0) is 16.5. The van der Waals surface area contributed by atoms with Crippen LogP contribution in [0.25, 0.3) is 0 Å². The molecule has 3 amide bonds. The average Bonchev–Trinajstić information content (AvgIpc) is 2.54. The third-order valence-corrected chi connectivity index (χ3v) is 3.61. The van der Waals surface area contributed by atoms with E-state index in [0.717, 1.165) is 19.3 Å². The molecular weight excluding hydrogens is 294 g/mol. The fourth-order valence-electron chi connectivity index (χ4n) is 2.46. The summed E-state index contributed by atoms with van der Waals surface area (Å²) in [6, 6.07) is 6.76. The van der Waals surface area contributed by atoms with Gasteiger partial charge in [0.15, 0.2) is 0 Å². The molecule has 23 heavy (non-hydrogen) atoms. The van der Waals surface area contributed by atoms with Gasteiger partial charge in [-0.05, 0) is 43.4 Å². The number of nitrogens with one attached hydrogen (secondary N) is 3. The highest BCUT2D eigenvalue weighted by molar-refractivity contribution is 5.94. The van der Waals surface area contributed by atoms with Crippen molar-refractivity contribution in [1.82, 2.24) is 5.32 Å². The topological polar surface area (TPSA) is 79.5 Å². The molecule has 6 heteroatoms. The van der Waals surface area contributed by atoms with Crippen LogP contribution < -0.4 is 16.0 Å². The Labute approximate surface area is 136 Å². The molecule has 0 saturated heterocycles. The smallest absolute Gasteiger partial charge is 0.319 e. The predicted molar refractivity (Wildman–Crippen MR) is 90.5 cm³/mol. The average molecular weight is 317 g/mol. The molecule has 1 atom stereocenters. The molecule has 2 rings (SSSR count). The first-order chi connectivity index (χ1) is 11.2. The zero-order valence-corrected chi connectivity index (χ0v) is 13.3. The Morgan fingerprint density at radius 1 is 1.22 bits per heavy atom. The fourth-order valence-corrected chi connectivity index (χ4v) is 2.46. The Morgan fingerprint density at radius 3 is 2.70 bits per heavy atom. The number of methoxy groups -OCH3 is 1. The van der Waals surface area contributed by atoms with E-state index >= 15 is 0 Å². The van der Waals surface area contributed by atoms with Crippen LogP contribution in [0.4, 0.5) is 16.2 Å². The minimum atomic E-state index is -0.237. The summed E-state index contributed by atoms with van der Waals surface area (Å²) in [6.07, 6.45) is 7.55. The van der Waals surface area contributed by atoms with Gasteiger partial charge in [0.05, 0.1) is 0 Å². The lowest BCUT2D eigenvalue weighted by atomic mass is 9.94. The van der Waals surface area contributed by atoms with E-state index in [4.69, 9.17) is 4.74 Å². The van der Waals surface area contributed by atoms with Crippen molar-refractivity contribution >= 4 is 23.3 Å². The number of carbonyl (C=O) groups is 2. The lowest BCUT2D eigenvalue weighted by Gasteiger charge is -2.18. The molecule has 1 aliphatic rings. The molecule has 0 unspecified atom stereocenters. The molecule has 0 heterocycles. The second kappa shape index (κ2) is 8.95. The van der Waals surface area contributed by atoms with Crippen molar-refractivity contribution in [3.8, 4) is 0 Å². The van der Waals surface area contributed by atoms with E-state index < -0.39 is 0 Å².